The van der Waals surface area contributed by atoms with Gasteiger partial charge in [0, 0.05) is 16.5 Å². The Morgan fingerprint density at radius 3 is 2.00 bits per heavy atom. The summed E-state index contributed by atoms with van der Waals surface area (Å²) in [6.45, 7) is 9.09. The van der Waals surface area contributed by atoms with Crippen LogP contribution in [0.1, 0.15) is 0 Å². The summed E-state index contributed by atoms with van der Waals surface area (Å²) in [4.78, 5) is 9.36. The van der Waals surface area contributed by atoms with Crippen LogP contribution in [0, 0.1) is 6.92 Å². The van der Waals surface area contributed by atoms with Gasteiger partial charge in [0.1, 0.15) is 0 Å². The number of allylic oxidation sites excluding steroid dienone is 1. The van der Waals surface area contributed by atoms with Gasteiger partial charge in [0.05, 0.1) is 6.92 Å². The van der Waals surface area contributed by atoms with Crippen molar-refractivity contribution in [1.82, 2.24) is 0 Å². The average molecular weight is 126 g/mol. The van der Waals surface area contributed by atoms with Crippen molar-refractivity contribution >= 4 is 5.78 Å². The van der Waals surface area contributed by atoms with E-state index < -0.39 is 5.78 Å². The molecular formula is C4H3NiO. The molecule has 0 spiro atoms. The molecule has 0 aliphatic rings. The molecule has 0 amide bonds. The molecule has 0 saturated carbocycles. The van der Waals surface area contributed by atoms with Gasteiger partial charge < -0.3 is 0 Å². The molecule has 0 aliphatic carbocycles. The standard InChI is InChI=1S/C4H3O.Ni/c1-3-4(2)5;/h3H,1H2;. The molecule has 0 N–H and O–H groups in total. The molecule has 0 aromatic rings. The van der Waals surface area contributed by atoms with Crippen LogP contribution in [0.4, 0.5) is 0 Å². The number of carbonyl (C=O) groups excluding carboxylic acids is 1. The van der Waals surface area contributed by atoms with Crippen molar-refractivity contribution in [2.45, 2.75) is 0 Å². The van der Waals surface area contributed by atoms with Gasteiger partial charge in [-0.25, -0.2) is 0 Å². The fourth-order valence-corrected chi connectivity index (χ4v) is 0. The van der Waals surface area contributed by atoms with E-state index in [1.165, 1.54) is 0 Å². The first kappa shape index (κ1) is 9.32. The van der Waals surface area contributed by atoms with E-state index in [1.807, 2.05) is 0 Å². The fraction of sp³-hybridized carbons (Fsp3) is 0. The molecule has 0 rings (SSSR count). The Bertz CT molecular complexity index is 58.6. The normalized spacial score (nSPS) is 5.50. The van der Waals surface area contributed by atoms with Crippen LogP contribution in [-0.2, 0) is 21.3 Å². The molecule has 0 aliphatic heterocycles. The molecule has 0 bridgehead atoms. The third-order valence-electron chi connectivity index (χ3n) is 0.185. The molecule has 0 fully saturated rings. The molecular weight excluding hydrogens is 123 g/mol. The first-order chi connectivity index (χ1) is 2.27. The summed E-state index contributed by atoms with van der Waals surface area (Å²) in [5, 5.41) is 0. The molecule has 1 nitrogen and oxygen atoms in total. The summed E-state index contributed by atoms with van der Waals surface area (Å²) in [6.07, 6.45) is 0.944. The molecule has 35 valence electrons. The third kappa shape index (κ3) is 9.08. The van der Waals surface area contributed by atoms with Crippen LogP contribution in [0.25, 0.3) is 0 Å². The monoisotopic (exact) mass is 125 g/mol. The zero-order chi connectivity index (χ0) is 4.28. The van der Waals surface area contributed by atoms with Gasteiger partial charge in [-0.15, -0.1) is 0 Å². The second kappa shape index (κ2) is 4.90. The first-order valence-electron chi connectivity index (χ1n) is 1.15. The summed E-state index contributed by atoms with van der Waals surface area (Å²) in [5.74, 6) is -0.731. The maximum Gasteiger partial charge on any atom is 0.164 e. The van der Waals surface area contributed by atoms with E-state index in [1.54, 1.807) is 0 Å². The molecule has 0 unspecified atom stereocenters. The van der Waals surface area contributed by atoms with Crippen LogP contribution >= 0.6 is 0 Å². The van der Waals surface area contributed by atoms with Crippen molar-refractivity contribution in [2.75, 3.05) is 0 Å². The van der Waals surface area contributed by atoms with E-state index in [4.69, 9.17) is 6.92 Å². The number of rotatable bonds is 1. The fourth-order valence-electron chi connectivity index (χ4n) is 0. The van der Waals surface area contributed by atoms with Gasteiger partial charge >= 0.3 is 0 Å². The summed E-state index contributed by atoms with van der Waals surface area (Å²) >= 11 is 0. The maximum atomic E-state index is 9.36. The molecule has 6 heavy (non-hydrogen) atoms. The number of hydrogen-bond donors (Lipinski definition) is 0. The maximum absolute atomic E-state index is 9.36. The summed E-state index contributed by atoms with van der Waals surface area (Å²) in [6, 6.07) is 0. The summed E-state index contributed by atoms with van der Waals surface area (Å²) in [7, 11) is 0. The smallest absolute Gasteiger partial charge is 0.164 e. The Balaban J connectivity index is 0. The SMILES string of the molecule is [C]C(=O)C=C.[Ni]. The number of carbonyl (C=O) groups is 1. The van der Waals surface area contributed by atoms with Crippen molar-refractivity contribution < 1.29 is 21.3 Å². The van der Waals surface area contributed by atoms with Crippen LogP contribution < -0.4 is 0 Å². The molecule has 0 aromatic carbocycles. The van der Waals surface area contributed by atoms with E-state index in [0.29, 0.717) is 0 Å². The Morgan fingerprint density at radius 1 is 1.83 bits per heavy atom. The van der Waals surface area contributed by atoms with Crippen molar-refractivity contribution in [3.63, 3.8) is 0 Å². The number of hydrogen-bond acceptors (Lipinski definition) is 1. The predicted octanol–water partition coefficient (Wildman–Crippen LogP) is 0.327. The van der Waals surface area contributed by atoms with Crippen molar-refractivity contribution in [2.24, 2.45) is 0 Å². The minimum absolute atomic E-state index is 0. The second-order valence-electron chi connectivity index (χ2n) is 0.568. The van der Waals surface area contributed by atoms with Crippen LogP contribution in [0.15, 0.2) is 12.7 Å². The zero-order valence-electron chi connectivity index (χ0n) is 3.01. The molecule has 0 saturated heterocycles. The molecule has 0 heterocycles. The van der Waals surface area contributed by atoms with E-state index in [2.05, 4.69) is 6.58 Å². The minimum atomic E-state index is -0.731. The predicted molar refractivity (Wildman–Crippen MR) is 18.4 cm³/mol. The molecule has 0 atom stereocenters. The van der Waals surface area contributed by atoms with Gasteiger partial charge in [0.15, 0.2) is 5.78 Å². The Labute approximate surface area is 47.4 Å². The van der Waals surface area contributed by atoms with Crippen LogP contribution in [-0.4, -0.2) is 5.78 Å². The third-order valence-corrected chi connectivity index (χ3v) is 0.185. The zero-order valence-corrected chi connectivity index (χ0v) is 4.00. The van der Waals surface area contributed by atoms with Crippen LogP contribution in [0.5, 0.6) is 0 Å². The average Bonchev–Trinajstić information content (AvgIpc) is 1.38. The van der Waals surface area contributed by atoms with Crippen LogP contribution in [0.3, 0.4) is 0 Å². The van der Waals surface area contributed by atoms with Gasteiger partial charge in [0.2, 0.25) is 0 Å². The number of ketones is 1. The van der Waals surface area contributed by atoms with E-state index in [9.17, 15) is 4.79 Å². The molecule has 2 heteroatoms. The topological polar surface area (TPSA) is 17.1 Å². The van der Waals surface area contributed by atoms with Crippen molar-refractivity contribution in [3.8, 4) is 0 Å². The van der Waals surface area contributed by atoms with Gasteiger partial charge in [-0.3, -0.25) is 4.79 Å². The van der Waals surface area contributed by atoms with E-state index in [0.717, 1.165) is 6.08 Å². The van der Waals surface area contributed by atoms with Gasteiger partial charge in [-0.05, 0) is 6.08 Å². The first-order valence-corrected chi connectivity index (χ1v) is 1.15. The quantitative estimate of drug-likeness (QED) is 0.365. The summed E-state index contributed by atoms with van der Waals surface area (Å²) in [5.41, 5.74) is 0. The second-order valence-corrected chi connectivity index (χ2v) is 0.568. The Hall–Kier alpha value is -0.0965. The Kier molecular flexibility index (Phi) is 7.61. The van der Waals surface area contributed by atoms with Crippen LogP contribution in [0.2, 0.25) is 0 Å². The molecule has 3 radical (unpaired) electrons. The summed E-state index contributed by atoms with van der Waals surface area (Å²) < 4.78 is 0. The van der Waals surface area contributed by atoms with Gasteiger partial charge in [-0.1, -0.05) is 6.58 Å². The minimum Gasteiger partial charge on any atom is -0.294 e. The van der Waals surface area contributed by atoms with E-state index >= 15 is 0 Å². The largest absolute Gasteiger partial charge is 0.294 e. The van der Waals surface area contributed by atoms with E-state index in [-0.39, 0.29) is 16.5 Å². The Morgan fingerprint density at radius 2 is 2.00 bits per heavy atom. The van der Waals surface area contributed by atoms with Crippen molar-refractivity contribution in [1.29, 1.82) is 0 Å². The van der Waals surface area contributed by atoms with Crippen molar-refractivity contribution in [3.05, 3.63) is 19.6 Å². The molecule has 0 aromatic heterocycles. The van der Waals surface area contributed by atoms with Gasteiger partial charge in [0.25, 0.3) is 0 Å². The van der Waals surface area contributed by atoms with Gasteiger partial charge in [-0.2, -0.15) is 0 Å².